The summed E-state index contributed by atoms with van der Waals surface area (Å²) in [6.45, 7) is 12.1. The molecule has 11 atom stereocenters. The molecule has 8 fully saturated rings. The Morgan fingerprint density at radius 2 is 1.74 bits per heavy atom. The van der Waals surface area contributed by atoms with E-state index >= 15 is 4.79 Å². The van der Waals surface area contributed by atoms with Crippen LogP contribution < -0.4 is 5.32 Å². The molecule has 3 aliphatic carbocycles. The van der Waals surface area contributed by atoms with Crippen molar-refractivity contribution in [3.63, 3.8) is 0 Å². The first-order valence-electron chi connectivity index (χ1n) is 24.0. The first-order valence-corrected chi connectivity index (χ1v) is 24.0. The van der Waals surface area contributed by atoms with E-state index in [2.05, 4.69) is 70.3 Å². The molecule has 2 bridgehead atoms. The second kappa shape index (κ2) is 16.9. The minimum atomic E-state index is -1.35. The molecule has 12 heteroatoms. The van der Waals surface area contributed by atoms with Gasteiger partial charge in [0, 0.05) is 32.4 Å². The molecule has 12 nitrogen and oxygen atoms in total. The second-order valence-electron chi connectivity index (χ2n) is 20.8. The molecule has 8 aliphatic rings. The Morgan fingerprint density at radius 3 is 2.48 bits per heavy atom. The van der Waals surface area contributed by atoms with Crippen LogP contribution in [-0.4, -0.2) is 107 Å². The first kappa shape index (κ1) is 43.4. The average Bonchev–Trinajstić information content (AvgIpc) is 3.61. The number of likely N-dealkylation sites (tertiary alicyclic amines) is 1. The van der Waals surface area contributed by atoms with Crippen LogP contribution in [0.1, 0.15) is 148 Å². The topological polar surface area (TPSA) is 139 Å². The standard InChI is InChI=1S/C49H71N3O9/c1-6-8-10-20-48(21-11-9-7-2)59-39-37-29-49(45(56)51-24-13-16-36(51)43(54)50-23-25-53)41(44(55)57-37)52(61-42(49)40(39)60-48)30-32-15-12-14-31(26-32)27-33-17-18-38-47(5,58-38)22-19-35-34(33)28-46(35,3)4/h12,14-15,26-27,34-42,53H,6-11,13,16-25,28-30H2,1-5H3,(H,50,54). The molecule has 61 heavy (non-hydrogen) atoms. The lowest BCUT2D eigenvalue weighted by Crippen LogP contribution is -2.70. The number of nitrogens with one attached hydrogen (secondary N) is 1. The maximum Gasteiger partial charge on any atom is 0.327 e. The molecule has 1 aromatic carbocycles. The zero-order chi connectivity index (χ0) is 42.7. The predicted molar refractivity (Wildman–Crippen MR) is 228 cm³/mol. The highest BCUT2D eigenvalue weighted by Crippen LogP contribution is 2.61. The van der Waals surface area contributed by atoms with Gasteiger partial charge in [-0.2, -0.15) is 5.06 Å². The summed E-state index contributed by atoms with van der Waals surface area (Å²) in [7, 11) is 0. The van der Waals surface area contributed by atoms with Gasteiger partial charge in [0.05, 0.1) is 24.9 Å². The van der Waals surface area contributed by atoms with Crippen molar-refractivity contribution in [2.75, 3.05) is 19.7 Å². The number of aliphatic hydroxyl groups excluding tert-OH is 1. The predicted octanol–water partition coefficient (Wildman–Crippen LogP) is 7.00. The van der Waals surface area contributed by atoms with Gasteiger partial charge in [0.1, 0.15) is 35.9 Å². The van der Waals surface area contributed by atoms with E-state index in [1.54, 1.807) is 9.96 Å². The number of hydroxylamine groups is 2. The number of allylic oxidation sites excluding steroid dienone is 1. The molecule has 0 aromatic heterocycles. The van der Waals surface area contributed by atoms with Crippen LogP contribution in [-0.2, 0) is 44.7 Å². The highest BCUT2D eigenvalue weighted by atomic mass is 16.8. The normalized spacial score (nSPS) is 38.7. The molecule has 3 saturated carbocycles. The van der Waals surface area contributed by atoms with Gasteiger partial charge in [-0.15, -0.1) is 0 Å². The minimum Gasteiger partial charge on any atom is -0.458 e. The summed E-state index contributed by atoms with van der Waals surface area (Å²) in [5.41, 5.74) is 2.58. The number of unbranched alkanes of at least 4 members (excludes halogenated alkanes) is 4. The van der Waals surface area contributed by atoms with E-state index in [1.807, 2.05) is 0 Å². The van der Waals surface area contributed by atoms with Gasteiger partial charge in [0.15, 0.2) is 11.8 Å². The summed E-state index contributed by atoms with van der Waals surface area (Å²) in [5, 5.41) is 14.0. The lowest BCUT2D eigenvalue weighted by atomic mass is 9.52. The third-order valence-corrected chi connectivity index (χ3v) is 16.2. The van der Waals surface area contributed by atoms with Crippen LogP contribution >= 0.6 is 0 Å². The van der Waals surface area contributed by atoms with E-state index in [-0.39, 0.29) is 43.5 Å². The zero-order valence-electron chi connectivity index (χ0n) is 37.3. The van der Waals surface area contributed by atoms with Crippen LogP contribution in [0.3, 0.4) is 0 Å². The molecule has 5 saturated heterocycles. The van der Waals surface area contributed by atoms with Crippen LogP contribution in [0.2, 0.25) is 0 Å². The van der Waals surface area contributed by atoms with Gasteiger partial charge in [0.2, 0.25) is 11.8 Å². The van der Waals surface area contributed by atoms with Crippen molar-refractivity contribution in [2.45, 2.75) is 198 Å². The number of fused-ring (bicyclic) bond motifs is 6. The number of benzene rings is 1. The van der Waals surface area contributed by atoms with Crippen molar-refractivity contribution in [3.05, 3.63) is 41.0 Å². The van der Waals surface area contributed by atoms with Gasteiger partial charge in [0.25, 0.3) is 0 Å². The first-order chi connectivity index (χ1) is 29.3. The molecule has 5 heterocycles. The van der Waals surface area contributed by atoms with E-state index in [0.29, 0.717) is 55.6 Å². The molecule has 0 radical (unpaired) electrons. The maximum atomic E-state index is 15.5. The van der Waals surface area contributed by atoms with Crippen molar-refractivity contribution in [2.24, 2.45) is 22.7 Å². The monoisotopic (exact) mass is 846 g/mol. The number of hydrogen-bond donors (Lipinski definition) is 2. The number of amides is 2. The summed E-state index contributed by atoms with van der Waals surface area (Å²) >= 11 is 0. The summed E-state index contributed by atoms with van der Waals surface area (Å²) < 4.78 is 26.7. The molecule has 11 unspecified atom stereocenters. The highest BCUT2D eigenvalue weighted by molar-refractivity contribution is 5.96. The molecule has 1 aromatic rings. The Balaban J connectivity index is 1.04. The molecule has 2 N–H and O–H groups in total. The fourth-order valence-electron chi connectivity index (χ4n) is 12.9. The van der Waals surface area contributed by atoms with Crippen LogP contribution in [0.25, 0.3) is 6.08 Å². The number of esters is 1. The van der Waals surface area contributed by atoms with Gasteiger partial charge in [-0.1, -0.05) is 89.3 Å². The molecule has 0 spiro atoms. The zero-order valence-corrected chi connectivity index (χ0v) is 37.3. The third kappa shape index (κ3) is 7.81. The number of nitrogens with zero attached hydrogens (tertiary/aromatic N) is 2. The van der Waals surface area contributed by atoms with Crippen molar-refractivity contribution >= 4 is 23.9 Å². The molecule has 9 rings (SSSR count). The van der Waals surface area contributed by atoms with E-state index in [4.69, 9.17) is 23.8 Å². The van der Waals surface area contributed by atoms with Crippen molar-refractivity contribution < 1.29 is 43.3 Å². The SMILES string of the molecule is CCCCCC1(CCCCC)OC2C3CC4(C(=O)N5CCCC5C(=O)NCCO)C(ON(Cc5cccc(C=C6CCC7OC7(C)CCC7C6CC7(C)C)c5)C4C(=O)O3)C2O1. The molecule has 5 aliphatic heterocycles. The molecule has 336 valence electrons. The quantitative estimate of drug-likeness (QED) is 0.108. The minimum absolute atomic E-state index is 0.0286. The van der Waals surface area contributed by atoms with E-state index in [1.165, 1.54) is 18.4 Å². The fourth-order valence-corrected chi connectivity index (χ4v) is 12.9. The van der Waals surface area contributed by atoms with E-state index in [9.17, 15) is 14.7 Å². The molecular formula is C49H71N3O9. The number of ether oxygens (including phenoxy) is 4. The lowest BCUT2D eigenvalue weighted by Gasteiger charge is -2.53. The Kier molecular flexibility index (Phi) is 12.0. The van der Waals surface area contributed by atoms with Gasteiger partial charge < -0.3 is 34.3 Å². The van der Waals surface area contributed by atoms with E-state index in [0.717, 1.165) is 68.9 Å². The molecular weight excluding hydrogens is 775 g/mol. The molecule has 2 amide bonds. The smallest absolute Gasteiger partial charge is 0.327 e. The van der Waals surface area contributed by atoms with Crippen LogP contribution in [0, 0.1) is 22.7 Å². The summed E-state index contributed by atoms with van der Waals surface area (Å²) in [6, 6.07) is 6.75. The fraction of sp³-hybridized carbons (Fsp3) is 0.776. The van der Waals surface area contributed by atoms with Crippen LogP contribution in [0.15, 0.2) is 29.8 Å². The van der Waals surface area contributed by atoms with Crippen molar-refractivity contribution in [3.8, 4) is 0 Å². The lowest BCUT2D eigenvalue weighted by molar-refractivity contribution is -0.225. The number of carbonyl (C=O) groups is 3. The van der Waals surface area contributed by atoms with Crippen LogP contribution in [0.4, 0.5) is 0 Å². The summed E-state index contributed by atoms with van der Waals surface area (Å²) in [4.78, 5) is 52.2. The summed E-state index contributed by atoms with van der Waals surface area (Å²) in [5.74, 6) is -0.720. The summed E-state index contributed by atoms with van der Waals surface area (Å²) in [6.07, 6.45) is 14.5. The third-order valence-electron chi connectivity index (χ3n) is 16.2. The Hall–Kier alpha value is -2.87. The van der Waals surface area contributed by atoms with Crippen molar-refractivity contribution in [1.29, 1.82) is 0 Å². The van der Waals surface area contributed by atoms with Gasteiger partial charge >= 0.3 is 5.97 Å². The number of rotatable bonds is 15. The highest BCUT2D eigenvalue weighted by Gasteiger charge is 2.77. The Labute approximate surface area is 362 Å². The van der Waals surface area contributed by atoms with Gasteiger partial charge in [-0.3, -0.25) is 19.2 Å². The number of epoxide rings is 1. The number of aliphatic hydroxyl groups is 1. The Bertz CT molecular complexity index is 1840. The van der Waals surface area contributed by atoms with E-state index < -0.39 is 53.7 Å². The largest absolute Gasteiger partial charge is 0.458 e. The second-order valence-corrected chi connectivity index (χ2v) is 20.8. The number of carbonyl (C=O) groups excluding carboxylic acids is 3. The van der Waals surface area contributed by atoms with Gasteiger partial charge in [-0.05, 0) is 93.1 Å². The maximum absolute atomic E-state index is 15.5. The van der Waals surface area contributed by atoms with Gasteiger partial charge in [-0.25, -0.2) is 0 Å². The Morgan fingerprint density at radius 1 is 0.967 bits per heavy atom. The van der Waals surface area contributed by atoms with Crippen molar-refractivity contribution in [1.82, 2.24) is 15.3 Å². The number of hydrogen-bond acceptors (Lipinski definition) is 10. The van der Waals surface area contributed by atoms with Crippen LogP contribution in [0.5, 0.6) is 0 Å². The average molecular weight is 846 g/mol.